The minimum atomic E-state index is -0.694. The van der Waals surface area contributed by atoms with Crippen molar-refractivity contribution in [2.75, 3.05) is 0 Å². The fraction of sp³-hybridized carbons (Fsp3) is 0.440. The highest BCUT2D eigenvalue weighted by atomic mass is 19.1. The highest BCUT2D eigenvalue weighted by Gasteiger charge is 2.38. The molecule has 31 heavy (non-hydrogen) atoms. The van der Waals surface area contributed by atoms with E-state index in [-0.39, 0.29) is 17.9 Å². The molecular weight excluding hydrogens is 399 g/mol. The number of aliphatic hydroxyl groups excluding tert-OH is 1. The molecule has 166 valence electrons. The van der Waals surface area contributed by atoms with E-state index in [1.54, 1.807) is 18.2 Å². The smallest absolute Gasteiger partial charge is 0.331 e. The van der Waals surface area contributed by atoms with Gasteiger partial charge in [-0.25, -0.2) is 14.0 Å². The van der Waals surface area contributed by atoms with Crippen molar-refractivity contribution in [3.8, 4) is 0 Å². The molecule has 0 bridgehead atoms. The van der Waals surface area contributed by atoms with Gasteiger partial charge in [0.05, 0.1) is 12.2 Å². The maximum atomic E-state index is 13.3. The van der Waals surface area contributed by atoms with Crippen LogP contribution in [0.5, 0.6) is 0 Å². The number of benzene rings is 1. The minimum absolute atomic E-state index is 0.0406. The highest BCUT2D eigenvalue weighted by molar-refractivity contribution is 5.87. The summed E-state index contributed by atoms with van der Waals surface area (Å²) in [7, 11) is 0. The molecule has 1 aromatic rings. The van der Waals surface area contributed by atoms with E-state index in [0.717, 1.165) is 19.3 Å². The van der Waals surface area contributed by atoms with Crippen LogP contribution >= 0.6 is 0 Å². The summed E-state index contributed by atoms with van der Waals surface area (Å²) >= 11 is 0. The van der Waals surface area contributed by atoms with Gasteiger partial charge in [0.15, 0.2) is 0 Å². The van der Waals surface area contributed by atoms with Crippen molar-refractivity contribution in [2.45, 2.75) is 57.3 Å². The van der Waals surface area contributed by atoms with Crippen LogP contribution in [0.15, 0.2) is 54.6 Å². The normalized spacial score (nSPS) is 30.5. The topological polar surface area (TPSA) is 72.8 Å². The first kappa shape index (κ1) is 22.9. The lowest BCUT2D eigenvalue weighted by atomic mass is 9.89. The third-order valence-electron chi connectivity index (χ3n) is 5.68. The van der Waals surface area contributed by atoms with Crippen LogP contribution in [-0.2, 0) is 19.1 Å². The van der Waals surface area contributed by atoms with Crippen LogP contribution in [0.1, 0.15) is 44.6 Å². The Bertz CT molecular complexity index is 859. The minimum Gasteiger partial charge on any atom is -0.460 e. The Hall–Kier alpha value is -2.73. The molecule has 1 N–H and O–H groups in total. The largest absolute Gasteiger partial charge is 0.460 e. The molecule has 6 heteroatoms. The van der Waals surface area contributed by atoms with Gasteiger partial charge in [0.2, 0.25) is 0 Å². The van der Waals surface area contributed by atoms with Crippen LogP contribution in [-0.4, -0.2) is 35.4 Å². The Morgan fingerprint density at radius 3 is 2.94 bits per heavy atom. The maximum Gasteiger partial charge on any atom is 0.331 e. The second kappa shape index (κ2) is 11.0. The van der Waals surface area contributed by atoms with E-state index in [1.165, 1.54) is 30.4 Å². The number of halogens is 1. The van der Waals surface area contributed by atoms with Crippen molar-refractivity contribution in [2.24, 2.45) is 11.8 Å². The van der Waals surface area contributed by atoms with E-state index in [4.69, 9.17) is 9.47 Å². The molecule has 1 aliphatic heterocycles. The summed E-state index contributed by atoms with van der Waals surface area (Å²) in [6.07, 6.45) is 11.9. The Morgan fingerprint density at radius 2 is 2.13 bits per heavy atom. The fourth-order valence-corrected chi connectivity index (χ4v) is 4.15. The van der Waals surface area contributed by atoms with E-state index in [0.29, 0.717) is 18.4 Å². The molecule has 3 rings (SSSR count). The van der Waals surface area contributed by atoms with E-state index in [9.17, 15) is 19.1 Å². The van der Waals surface area contributed by atoms with Gasteiger partial charge >= 0.3 is 11.9 Å². The number of ether oxygens (including phenoxy) is 2. The number of rotatable bonds is 3. The second-order valence-electron chi connectivity index (χ2n) is 8.21. The zero-order valence-electron chi connectivity index (χ0n) is 17.7. The molecule has 1 fully saturated rings. The van der Waals surface area contributed by atoms with E-state index in [2.05, 4.69) is 12.2 Å². The summed E-state index contributed by atoms with van der Waals surface area (Å²) in [6.45, 7) is 1.86. The number of aliphatic hydroxyl groups is 1. The maximum absolute atomic E-state index is 13.3. The predicted molar refractivity (Wildman–Crippen MR) is 115 cm³/mol. The van der Waals surface area contributed by atoms with Crippen molar-refractivity contribution in [3.05, 3.63) is 66.0 Å². The van der Waals surface area contributed by atoms with Gasteiger partial charge in [-0.1, -0.05) is 24.3 Å². The van der Waals surface area contributed by atoms with Gasteiger partial charge in [-0.15, -0.1) is 0 Å². The van der Waals surface area contributed by atoms with Crippen LogP contribution in [0.4, 0.5) is 4.39 Å². The monoisotopic (exact) mass is 428 g/mol. The van der Waals surface area contributed by atoms with Gasteiger partial charge in [-0.05, 0) is 74.8 Å². The average Bonchev–Trinajstić information content (AvgIpc) is 3.09. The highest BCUT2D eigenvalue weighted by Crippen LogP contribution is 2.37. The standard InChI is InChI=1S/C25H29FO5/c1-17-6-3-2-4-8-19-15-21(27)16-22(19)23(11-13-24(28)30-17)31-25(29)12-10-18-7-5-9-20(26)14-18/h4-5,7-14,17,19,21-23,27H,2-3,6,15-16H2,1H3/b8-4+,12-10+,13-11?/t17-,19+,21-,22+,23+/m0/s1. The first-order valence-corrected chi connectivity index (χ1v) is 10.8. The Morgan fingerprint density at radius 1 is 1.29 bits per heavy atom. The lowest BCUT2D eigenvalue weighted by Gasteiger charge is -2.24. The summed E-state index contributed by atoms with van der Waals surface area (Å²) in [6, 6.07) is 5.87. The Labute approximate surface area is 182 Å². The summed E-state index contributed by atoms with van der Waals surface area (Å²) in [4.78, 5) is 24.6. The van der Waals surface area contributed by atoms with Crippen molar-refractivity contribution >= 4 is 18.0 Å². The van der Waals surface area contributed by atoms with Crippen LogP contribution in [0.2, 0.25) is 0 Å². The van der Waals surface area contributed by atoms with Crippen molar-refractivity contribution in [1.29, 1.82) is 0 Å². The lowest BCUT2D eigenvalue weighted by molar-refractivity contribution is -0.145. The van der Waals surface area contributed by atoms with E-state index >= 15 is 0 Å². The van der Waals surface area contributed by atoms with Crippen molar-refractivity contribution in [1.82, 2.24) is 0 Å². The van der Waals surface area contributed by atoms with Crippen molar-refractivity contribution < 1.29 is 28.6 Å². The molecule has 1 aliphatic carbocycles. The van der Waals surface area contributed by atoms with Crippen LogP contribution in [0.3, 0.4) is 0 Å². The average molecular weight is 429 g/mol. The van der Waals surface area contributed by atoms with Crippen LogP contribution < -0.4 is 0 Å². The number of allylic oxidation sites excluding steroid dienone is 2. The third-order valence-corrected chi connectivity index (χ3v) is 5.68. The zero-order valence-corrected chi connectivity index (χ0v) is 17.7. The number of esters is 2. The van der Waals surface area contributed by atoms with Gasteiger partial charge < -0.3 is 14.6 Å². The zero-order chi connectivity index (χ0) is 22.2. The van der Waals surface area contributed by atoms with Gasteiger partial charge in [-0.3, -0.25) is 0 Å². The van der Waals surface area contributed by atoms with E-state index in [1.807, 2.05) is 6.92 Å². The number of fused-ring (bicyclic) bond motifs is 1. The molecule has 0 unspecified atom stereocenters. The molecule has 0 saturated heterocycles. The molecule has 5 nitrogen and oxygen atoms in total. The Balaban J connectivity index is 1.78. The molecule has 0 spiro atoms. The van der Waals surface area contributed by atoms with Crippen LogP contribution in [0, 0.1) is 17.7 Å². The van der Waals surface area contributed by atoms with E-state index < -0.39 is 30.0 Å². The molecule has 0 aromatic heterocycles. The summed E-state index contributed by atoms with van der Waals surface area (Å²) in [5.41, 5.74) is 0.539. The molecule has 2 aliphatic rings. The van der Waals surface area contributed by atoms with Gasteiger partial charge in [0.1, 0.15) is 11.9 Å². The molecule has 0 radical (unpaired) electrons. The fourth-order valence-electron chi connectivity index (χ4n) is 4.15. The number of hydrogen-bond acceptors (Lipinski definition) is 5. The van der Waals surface area contributed by atoms with Crippen LogP contribution in [0.25, 0.3) is 6.08 Å². The lowest BCUT2D eigenvalue weighted by Crippen LogP contribution is -2.27. The molecular formula is C25H29FO5. The van der Waals surface area contributed by atoms with Gasteiger partial charge in [0, 0.05) is 18.1 Å². The first-order chi connectivity index (χ1) is 14.9. The van der Waals surface area contributed by atoms with Gasteiger partial charge in [-0.2, -0.15) is 0 Å². The second-order valence-corrected chi connectivity index (χ2v) is 8.21. The van der Waals surface area contributed by atoms with Gasteiger partial charge in [0.25, 0.3) is 0 Å². The molecule has 1 heterocycles. The number of hydrogen-bond donors (Lipinski definition) is 1. The predicted octanol–water partition coefficient (Wildman–Crippen LogP) is 4.37. The number of cyclic esters (lactones) is 1. The summed E-state index contributed by atoms with van der Waals surface area (Å²) in [5, 5.41) is 10.2. The summed E-state index contributed by atoms with van der Waals surface area (Å²) < 4.78 is 24.4. The molecule has 1 saturated carbocycles. The summed E-state index contributed by atoms with van der Waals surface area (Å²) in [5.74, 6) is -1.59. The number of carbonyl (C=O) groups is 2. The SMILES string of the molecule is C[C@H]1CCC/C=C/[C@@H]2C[C@H](O)C[C@H]2[C@H](OC(=O)/C=C/c2cccc(F)c2)C=CC(=O)O1. The quantitative estimate of drug-likeness (QED) is 0.440. The molecule has 1 aromatic carbocycles. The number of carbonyl (C=O) groups excluding carboxylic acids is 2. The molecule has 0 amide bonds. The first-order valence-electron chi connectivity index (χ1n) is 10.8. The molecule has 5 atom stereocenters. The Kier molecular flexibility index (Phi) is 8.18. The third kappa shape index (κ3) is 7.17. The van der Waals surface area contributed by atoms with Crippen molar-refractivity contribution in [3.63, 3.8) is 0 Å².